The fourth-order valence-electron chi connectivity index (χ4n) is 5.10. The van der Waals surface area contributed by atoms with Crippen molar-refractivity contribution in [1.82, 2.24) is 10.2 Å². The van der Waals surface area contributed by atoms with Gasteiger partial charge >= 0.3 is 12.1 Å². The lowest BCUT2D eigenvalue weighted by Crippen LogP contribution is -2.50. The van der Waals surface area contributed by atoms with E-state index in [2.05, 4.69) is 29.6 Å². The average Bonchev–Trinajstić information content (AvgIpc) is 3.12. The van der Waals surface area contributed by atoms with E-state index in [1.807, 2.05) is 36.1 Å². The van der Waals surface area contributed by atoms with Crippen molar-refractivity contribution in [2.75, 3.05) is 26.2 Å². The van der Waals surface area contributed by atoms with Crippen molar-refractivity contribution >= 4 is 18.0 Å². The summed E-state index contributed by atoms with van der Waals surface area (Å²) in [6, 6.07) is 16.5. The van der Waals surface area contributed by atoms with Crippen molar-refractivity contribution in [2.24, 2.45) is 11.8 Å². The molecule has 1 fully saturated rings. The summed E-state index contributed by atoms with van der Waals surface area (Å²) in [7, 11) is 0. The molecule has 0 saturated carbocycles. The number of carboxylic acids is 1. The zero-order chi connectivity index (χ0) is 24.8. The molecule has 1 unspecified atom stereocenters. The highest BCUT2D eigenvalue weighted by Crippen LogP contribution is 2.44. The van der Waals surface area contributed by atoms with Crippen LogP contribution in [0.3, 0.4) is 0 Å². The Labute approximate surface area is 206 Å². The van der Waals surface area contributed by atoms with Crippen LogP contribution in [0.2, 0.25) is 0 Å². The van der Waals surface area contributed by atoms with Gasteiger partial charge in [0.05, 0.1) is 0 Å². The summed E-state index contributed by atoms with van der Waals surface area (Å²) in [5.74, 6) is -0.0219. The van der Waals surface area contributed by atoms with Crippen molar-refractivity contribution in [2.45, 2.75) is 44.9 Å². The maximum Gasteiger partial charge on any atom is 0.407 e. The molecule has 0 radical (unpaired) electrons. The van der Waals surface area contributed by atoms with Crippen molar-refractivity contribution in [3.05, 3.63) is 59.7 Å². The maximum atomic E-state index is 12.4. The zero-order valence-electron chi connectivity index (χ0n) is 20.2. The molecule has 1 aliphatic carbocycles. The number of hydrogen-bond acceptors (Lipinski definition) is 4. The van der Waals surface area contributed by atoms with Crippen LogP contribution in [0.15, 0.2) is 48.5 Å². The van der Waals surface area contributed by atoms with Crippen LogP contribution in [0.5, 0.6) is 0 Å². The third-order valence-corrected chi connectivity index (χ3v) is 7.09. The number of fused-ring (bicyclic) bond motifs is 3. The van der Waals surface area contributed by atoms with Crippen LogP contribution in [0.25, 0.3) is 11.1 Å². The van der Waals surface area contributed by atoms with Gasteiger partial charge in [0, 0.05) is 38.4 Å². The second-order valence-electron chi connectivity index (χ2n) is 9.80. The smallest absolute Gasteiger partial charge is 0.407 e. The number of rotatable bonds is 11. The molecule has 2 aromatic rings. The van der Waals surface area contributed by atoms with E-state index in [0.29, 0.717) is 31.7 Å². The van der Waals surface area contributed by atoms with Gasteiger partial charge in [-0.05, 0) is 53.4 Å². The van der Waals surface area contributed by atoms with Crippen LogP contribution < -0.4 is 5.32 Å². The number of carbonyl (C=O) groups is 3. The number of likely N-dealkylation sites (tertiary alicyclic amines) is 1. The summed E-state index contributed by atoms with van der Waals surface area (Å²) >= 11 is 0. The molecule has 186 valence electrons. The predicted octanol–water partition coefficient (Wildman–Crippen LogP) is 4.65. The van der Waals surface area contributed by atoms with E-state index in [-0.39, 0.29) is 30.8 Å². The second-order valence-corrected chi connectivity index (χ2v) is 9.80. The highest BCUT2D eigenvalue weighted by molar-refractivity contribution is 5.79. The fourth-order valence-corrected chi connectivity index (χ4v) is 5.10. The quantitative estimate of drug-likeness (QED) is 0.490. The fraction of sp³-hybridized carbons (Fsp3) is 0.464. The number of carbonyl (C=O) groups excluding carboxylic acids is 2. The molecule has 0 bridgehead atoms. The molecule has 2 aromatic carbocycles. The van der Waals surface area contributed by atoms with E-state index in [0.717, 1.165) is 19.5 Å². The number of aliphatic carboxylic acids is 1. The number of nitrogens with one attached hydrogen (secondary N) is 1. The third kappa shape index (κ3) is 6.21. The lowest BCUT2D eigenvalue weighted by Gasteiger charge is -2.40. The molecule has 2 amide bonds. The monoisotopic (exact) mass is 478 g/mol. The Hall–Kier alpha value is -3.35. The summed E-state index contributed by atoms with van der Waals surface area (Å²) in [4.78, 5) is 37.2. The van der Waals surface area contributed by atoms with Gasteiger partial charge < -0.3 is 20.1 Å². The van der Waals surface area contributed by atoms with Crippen LogP contribution in [0.4, 0.5) is 4.79 Å². The molecule has 4 rings (SSSR count). The summed E-state index contributed by atoms with van der Waals surface area (Å²) in [5, 5.41) is 11.5. The van der Waals surface area contributed by atoms with E-state index in [1.165, 1.54) is 22.3 Å². The molecule has 1 atom stereocenters. The van der Waals surface area contributed by atoms with Gasteiger partial charge in [0.1, 0.15) is 6.61 Å². The first-order valence-corrected chi connectivity index (χ1v) is 12.5. The molecule has 2 aliphatic rings. The SMILES string of the molecule is CC(CCNC(=O)OCC1c2ccccc2-c2ccccc21)CC(=O)N1CC(CCCC(=O)O)C1. The number of hydrogen-bond donors (Lipinski definition) is 2. The Morgan fingerprint density at radius 2 is 1.69 bits per heavy atom. The van der Waals surface area contributed by atoms with Crippen molar-refractivity contribution in [3.63, 3.8) is 0 Å². The lowest BCUT2D eigenvalue weighted by molar-refractivity contribution is -0.140. The van der Waals surface area contributed by atoms with Crippen LogP contribution in [0, 0.1) is 11.8 Å². The van der Waals surface area contributed by atoms with Gasteiger partial charge in [0.25, 0.3) is 0 Å². The first kappa shape index (κ1) is 24.8. The Morgan fingerprint density at radius 3 is 2.31 bits per heavy atom. The van der Waals surface area contributed by atoms with Gasteiger partial charge in [0.15, 0.2) is 0 Å². The number of ether oxygens (including phenoxy) is 1. The number of alkyl carbamates (subject to hydrolysis) is 1. The molecule has 7 nitrogen and oxygen atoms in total. The van der Waals surface area contributed by atoms with Crippen molar-refractivity contribution in [1.29, 1.82) is 0 Å². The van der Waals surface area contributed by atoms with E-state index in [4.69, 9.17) is 9.84 Å². The number of carboxylic acid groups (broad SMARTS) is 1. The largest absolute Gasteiger partial charge is 0.481 e. The first-order valence-electron chi connectivity index (χ1n) is 12.5. The minimum atomic E-state index is -0.766. The Balaban J connectivity index is 1.13. The van der Waals surface area contributed by atoms with Gasteiger partial charge in [-0.3, -0.25) is 9.59 Å². The lowest BCUT2D eigenvalue weighted by atomic mass is 9.92. The number of benzene rings is 2. The highest BCUT2D eigenvalue weighted by Gasteiger charge is 2.31. The Morgan fingerprint density at radius 1 is 1.06 bits per heavy atom. The van der Waals surface area contributed by atoms with E-state index < -0.39 is 12.1 Å². The van der Waals surface area contributed by atoms with Crippen LogP contribution in [0.1, 0.15) is 56.1 Å². The standard InChI is InChI=1S/C28H34N2O5/c1-19(15-26(31)30-16-20(17-30)7-6-12-27(32)33)13-14-29-28(34)35-18-25-23-10-4-2-8-21(23)22-9-3-5-11-24(22)25/h2-5,8-11,19-20,25H,6-7,12-18H2,1H3,(H,29,34)(H,32,33). The molecule has 2 N–H and O–H groups in total. The van der Waals surface area contributed by atoms with Gasteiger partial charge in [-0.1, -0.05) is 55.5 Å². The zero-order valence-corrected chi connectivity index (χ0v) is 20.2. The van der Waals surface area contributed by atoms with Crippen molar-refractivity contribution < 1.29 is 24.2 Å². The maximum absolute atomic E-state index is 12.4. The van der Waals surface area contributed by atoms with Crippen LogP contribution in [-0.2, 0) is 14.3 Å². The molecule has 1 aliphatic heterocycles. The van der Waals surface area contributed by atoms with Gasteiger partial charge in [-0.2, -0.15) is 0 Å². The van der Waals surface area contributed by atoms with E-state index >= 15 is 0 Å². The summed E-state index contributed by atoms with van der Waals surface area (Å²) in [6.45, 7) is 4.22. The van der Waals surface area contributed by atoms with Crippen molar-refractivity contribution in [3.8, 4) is 11.1 Å². The summed E-state index contributed by atoms with van der Waals surface area (Å²) in [5.41, 5.74) is 4.77. The van der Waals surface area contributed by atoms with E-state index in [9.17, 15) is 14.4 Å². The second kappa shape index (κ2) is 11.4. The highest BCUT2D eigenvalue weighted by atomic mass is 16.5. The molecule has 1 heterocycles. The average molecular weight is 479 g/mol. The molecule has 35 heavy (non-hydrogen) atoms. The number of amides is 2. The van der Waals surface area contributed by atoms with E-state index in [1.54, 1.807) is 0 Å². The molecule has 0 spiro atoms. The Kier molecular flexibility index (Phi) is 8.06. The molecule has 7 heteroatoms. The first-order chi connectivity index (χ1) is 16.9. The van der Waals surface area contributed by atoms with Gasteiger partial charge in [-0.25, -0.2) is 4.79 Å². The normalized spacial score (nSPS) is 15.6. The van der Waals surface area contributed by atoms with Gasteiger partial charge in [-0.15, -0.1) is 0 Å². The minimum Gasteiger partial charge on any atom is -0.481 e. The molecule has 1 saturated heterocycles. The molecular formula is C28H34N2O5. The number of nitrogens with zero attached hydrogens (tertiary/aromatic N) is 1. The third-order valence-electron chi connectivity index (χ3n) is 7.09. The summed E-state index contributed by atoms with van der Waals surface area (Å²) < 4.78 is 5.56. The Bertz CT molecular complexity index is 1020. The van der Waals surface area contributed by atoms with Crippen LogP contribution >= 0.6 is 0 Å². The summed E-state index contributed by atoms with van der Waals surface area (Å²) in [6.07, 6.45) is 2.44. The predicted molar refractivity (Wildman–Crippen MR) is 133 cm³/mol. The van der Waals surface area contributed by atoms with Crippen LogP contribution in [-0.4, -0.2) is 54.2 Å². The topological polar surface area (TPSA) is 95.9 Å². The van der Waals surface area contributed by atoms with Gasteiger partial charge in [0.2, 0.25) is 5.91 Å². The molecule has 0 aromatic heterocycles. The minimum absolute atomic E-state index is 0.0363. The molecular weight excluding hydrogens is 444 g/mol.